The SMILES string of the molecule is Cc1nc(N)nc(-n2c(Nc3ccc(O)c(F)c3)nc3ccccc32)n1. The molecule has 26 heavy (non-hydrogen) atoms. The van der Waals surface area contributed by atoms with Crippen LogP contribution in [0.4, 0.5) is 22.0 Å². The average molecular weight is 351 g/mol. The van der Waals surface area contributed by atoms with Gasteiger partial charge in [0, 0.05) is 11.8 Å². The van der Waals surface area contributed by atoms with Crippen LogP contribution in [0.3, 0.4) is 0 Å². The summed E-state index contributed by atoms with van der Waals surface area (Å²) in [5.74, 6) is 0.0633. The van der Waals surface area contributed by atoms with E-state index in [0.717, 1.165) is 5.52 Å². The summed E-state index contributed by atoms with van der Waals surface area (Å²) >= 11 is 0. The predicted octanol–water partition coefficient (Wildman–Crippen LogP) is 2.69. The van der Waals surface area contributed by atoms with E-state index in [1.54, 1.807) is 11.5 Å². The molecular weight excluding hydrogens is 337 g/mol. The van der Waals surface area contributed by atoms with Gasteiger partial charge in [0.2, 0.25) is 17.8 Å². The molecule has 0 unspecified atom stereocenters. The molecule has 0 spiro atoms. The second-order valence-electron chi connectivity index (χ2n) is 5.59. The molecular formula is C17H14FN7O. The number of aromatic nitrogens is 5. The lowest BCUT2D eigenvalue weighted by Gasteiger charge is -2.10. The summed E-state index contributed by atoms with van der Waals surface area (Å²) in [4.78, 5) is 17.0. The van der Waals surface area contributed by atoms with Crippen LogP contribution in [0.15, 0.2) is 42.5 Å². The highest BCUT2D eigenvalue weighted by Crippen LogP contribution is 2.27. The number of phenols is 1. The predicted molar refractivity (Wildman–Crippen MR) is 95.0 cm³/mol. The Hall–Kier alpha value is -3.75. The van der Waals surface area contributed by atoms with Gasteiger partial charge in [-0.3, -0.25) is 0 Å². The number of aromatic hydroxyl groups is 1. The van der Waals surface area contributed by atoms with Crippen LogP contribution in [0.2, 0.25) is 0 Å². The van der Waals surface area contributed by atoms with E-state index in [1.165, 1.54) is 18.2 Å². The maximum absolute atomic E-state index is 13.6. The van der Waals surface area contributed by atoms with E-state index < -0.39 is 11.6 Å². The molecule has 0 amide bonds. The Balaban J connectivity index is 1.90. The van der Waals surface area contributed by atoms with Crippen LogP contribution in [0, 0.1) is 12.7 Å². The van der Waals surface area contributed by atoms with Gasteiger partial charge in [0.25, 0.3) is 0 Å². The topological polar surface area (TPSA) is 115 Å². The molecule has 0 bridgehead atoms. The number of imidazole rings is 1. The fourth-order valence-corrected chi connectivity index (χ4v) is 2.61. The summed E-state index contributed by atoms with van der Waals surface area (Å²) in [6.07, 6.45) is 0. The van der Waals surface area contributed by atoms with Crippen molar-refractivity contribution in [2.75, 3.05) is 11.1 Å². The Morgan fingerprint density at radius 3 is 2.65 bits per heavy atom. The maximum atomic E-state index is 13.6. The Morgan fingerprint density at radius 1 is 1.08 bits per heavy atom. The fraction of sp³-hybridized carbons (Fsp3) is 0.0588. The zero-order valence-corrected chi connectivity index (χ0v) is 13.7. The van der Waals surface area contributed by atoms with Crippen molar-refractivity contribution in [2.24, 2.45) is 0 Å². The van der Waals surface area contributed by atoms with Crippen LogP contribution >= 0.6 is 0 Å². The number of nitrogen functional groups attached to an aromatic ring is 1. The molecule has 8 nitrogen and oxygen atoms in total. The van der Waals surface area contributed by atoms with E-state index in [1.807, 2.05) is 24.3 Å². The van der Waals surface area contributed by atoms with E-state index in [4.69, 9.17) is 5.73 Å². The molecule has 2 aromatic heterocycles. The monoisotopic (exact) mass is 351 g/mol. The number of nitrogens with zero attached hydrogens (tertiary/aromatic N) is 5. The highest BCUT2D eigenvalue weighted by atomic mass is 19.1. The van der Waals surface area contributed by atoms with Crippen molar-refractivity contribution >= 4 is 28.6 Å². The number of hydrogen-bond donors (Lipinski definition) is 3. The summed E-state index contributed by atoms with van der Waals surface area (Å²) in [6.45, 7) is 1.71. The number of para-hydroxylation sites is 2. The zero-order valence-electron chi connectivity index (χ0n) is 13.7. The van der Waals surface area contributed by atoms with Crippen LogP contribution in [0.5, 0.6) is 5.75 Å². The molecule has 4 N–H and O–H groups in total. The van der Waals surface area contributed by atoms with E-state index in [-0.39, 0.29) is 5.95 Å². The van der Waals surface area contributed by atoms with Gasteiger partial charge in [-0.05, 0) is 31.2 Å². The minimum atomic E-state index is -0.738. The van der Waals surface area contributed by atoms with Crippen LogP contribution in [-0.2, 0) is 0 Å². The number of anilines is 3. The highest BCUT2D eigenvalue weighted by molar-refractivity contribution is 5.81. The van der Waals surface area contributed by atoms with Gasteiger partial charge >= 0.3 is 0 Å². The number of nitrogens with two attached hydrogens (primary N) is 1. The Morgan fingerprint density at radius 2 is 1.88 bits per heavy atom. The Bertz CT molecular complexity index is 1110. The van der Waals surface area contributed by atoms with Crippen molar-refractivity contribution in [3.05, 3.63) is 54.1 Å². The molecule has 9 heteroatoms. The number of fused-ring (bicyclic) bond motifs is 1. The molecule has 0 atom stereocenters. The molecule has 4 aromatic rings. The molecule has 0 saturated heterocycles. The van der Waals surface area contributed by atoms with Crippen LogP contribution in [0.25, 0.3) is 17.0 Å². The van der Waals surface area contributed by atoms with Crippen molar-refractivity contribution in [3.63, 3.8) is 0 Å². The number of phenolic OH excluding ortho intramolecular Hbond substituents is 1. The number of halogens is 1. The quantitative estimate of drug-likeness (QED) is 0.486. The summed E-state index contributed by atoms with van der Waals surface area (Å²) < 4.78 is 15.3. The van der Waals surface area contributed by atoms with Gasteiger partial charge in [-0.15, -0.1) is 0 Å². The lowest BCUT2D eigenvalue weighted by Crippen LogP contribution is -2.10. The third kappa shape index (κ3) is 2.75. The zero-order chi connectivity index (χ0) is 18.3. The van der Waals surface area contributed by atoms with Crippen molar-refractivity contribution < 1.29 is 9.50 Å². The van der Waals surface area contributed by atoms with Crippen molar-refractivity contribution in [1.82, 2.24) is 24.5 Å². The Kier molecular flexibility index (Phi) is 3.61. The van der Waals surface area contributed by atoms with Crippen LogP contribution in [-0.4, -0.2) is 29.6 Å². The first kappa shape index (κ1) is 15.8. The number of nitrogens with one attached hydrogen (secondary N) is 1. The summed E-state index contributed by atoms with van der Waals surface area (Å²) in [7, 11) is 0. The minimum Gasteiger partial charge on any atom is -0.505 e. The Labute approximate surface area is 147 Å². The lowest BCUT2D eigenvalue weighted by atomic mass is 10.3. The van der Waals surface area contributed by atoms with Gasteiger partial charge in [0.05, 0.1) is 11.0 Å². The molecule has 0 aliphatic rings. The van der Waals surface area contributed by atoms with Gasteiger partial charge in [-0.2, -0.15) is 15.0 Å². The van der Waals surface area contributed by atoms with Crippen LogP contribution < -0.4 is 11.1 Å². The largest absolute Gasteiger partial charge is 0.505 e. The first-order valence-electron chi connectivity index (χ1n) is 7.73. The molecule has 2 aromatic carbocycles. The van der Waals surface area contributed by atoms with Gasteiger partial charge in [0.15, 0.2) is 11.6 Å². The molecule has 0 fully saturated rings. The average Bonchev–Trinajstić information content (AvgIpc) is 2.95. The third-order valence-electron chi connectivity index (χ3n) is 3.72. The number of hydrogen-bond acceptors (Lipinski definition) is 7. The molecule has 0 aliphatic heterocycles. The summed E-state index contributed by atoms with van der Waals surface area (Å²) in [6, 6.07) is 11.4. The fourth-order valence-electron chi connectivity index (χ4n) is 2.61. The smallest absolute Gasteiger partial charge is 0.242 e. The summed E-state index contributed by atoms with van der Waals surface area (Å²) in [5.41, 5.74) is 7.62. The van der Waals surface area contributed by atoms with E-state index >= 15 is 0 Å². The van der Waals surface area contributed by atoms with Crippen molar-refractivity contribution in [1.29, 1.82) is 0 Å². The highest BCUT2D eigenvalue weighted by Gasteiger charge is 2.16. The third-order valence-corrected chi connectivity index (χ3v) is 3.72. The summed E-state index contributed by atoms with van der Waals surface area (Å²) in [5, 5.41) is 12.4. The van der Waals surface area contributed by atoms with E-state index in [0.29, 0.717) is 28.9 Å². The molecule has 0 saturated carbocycles. The minimum absolute atomic E-state index is 0.0897. The molecule has 4 rings (SSSR count). The first-order chi connectivity index (χ1) is 12.5. The van der Waals surface area contributed by atoms with E-state index in [2.05, 4.69) is 25.3 Å². The number of aryl methyl sites for hydroxylation is 1. The second kappa shape index (κ2) is 5.96. The van der Waals surface area contributed by atoms with Crippen molar-refractivity contribution in [3.8, 4) is 11.7 Å². The second-order valence-corrected chi connectivity index (χ2v) is 5.59. The van der Waals surface area contributed by atoms with Gasteiger partial charge in [-0.25, -0.2) is 13.9 Å². The number of rotatable bonds is 3. The van der Waals surface area contributed by atoms with Gasteiger partial charge < -0.3 is 16.2 Å². The van der Waals surface area contributed by atoms with Crippen LogP contribution in [0.1, 0.15) is 5.82 Å². The number of benzene rings is 2. The van der Waals surface area contributed by atoms with Crippen molar-refractivity contribution in [2.45, 2.75) is 6.92 Å². The maximum Gasteiger partial charge on any atom is 0.242 e. The lowest BCUT2D eigenvalue weighted by molar-refractivity contribution is 0.432. The first-order valence-corrected chi connectivity index (χ1v) is 7.73. The molecule has 0 radical (unpaired) electrons. The van der Waals surface area contributed by atoms with Gasteiger partial charge in [0.1, 0.15) is 5.82 Å². The standard InChI is InChI=1S/C17H14FN7O/c1-9-20-15(19)24-16(21-9)25-13-5-3-2-4-12(13)23-17(25)22-10-6-7-14(26)11(18)8-10/h2-8,26H,1H3,(H,22,23)(H2,19,20,21,24). The molecule has 130 valence electrons. The molecule has 0 aliphatic carbocycles. The van der Waals surface area contributed by atoms with Gasteiger partial charge in [-0.1, -0.05) is 12.1 Å². The molecule has 2 heterocycles. The van der Waals surface area contributed by atoms with E-state index in [9.17, 15) is 9.50 Å². The normalized spacial score (nSPS) is 11.0.